The highest BCUT2D eigenvalue weighted by Gasteiger charge is 2.19. The van der Waals surface area contributed by atoms with Crippen LogP contribution in [0, 0.1) is 6.92 Å². The first-order valence-electron chi connectivity index (χ1n) is 6.17. The van der Waals surface area contributed by atoms with Crippen molar-refractivity contribution < 1.29 is 8.42 Å². The Bertz CT molecular complexity index is 522. The van der Waals surface area contributed by atoms with E-state index in [0.29, 0.717) is 0 Å². The van der Waals surface area contributed by atoms with Crippen LogP contribution in [0.1, 0.15) is 32.0 Å². The zero-order chi connectivity index (χ0) is 13.9. The highest BCUT2D eigenvalue weighted by molar-refractivity contribution is 7.90. The minimum Gasteiger partial charge on any atom is -0.357 e. The Morgan fingerprint density at radius 3 is 2.06 bits per heavy atom. The molecular weight excluding hydrogens is 250 g/mol. The maximum absolute atomic E-state index is 11.6. The van der Waals surface area contributed by atoms with E-state index in [1.165, 1.54) is 0 Å². The lowest BCUT2D eigenvalue weighted by Gasteiger charge is -2.23. The molecule has 1 rings (SSSR count). The van der Waals surface area contributed by atoms with Crippen molar-refractivity contribution in [3.8, 4) is 0 Å². The van der Waals surface area contributed by atoms with Crippen molar-refractivity contribution in [3.63, 3.8) is 0 Å². The molecule has 0 saturated heterocycles. The number of hydrogen-bond donors (Lipinski definition) is 0. The van der Waals surface area contributed by atoms with Gasteiger partial charge in [0, 0.05) is 30.6 Å². The third kappa shape index (κ3) is 2.98. The van der Waals surface area contributed by atoms with Crippen LogP contribution in [0.4, 0.5) is 5.82 Å². The first-order valence-corrected chi connectivity index (χ1v) is 8.06. The summed E-state index contributed by atoms with van der Waals surface area (Å²) in [6, 6.07) is 0. The van der Waals surface area contributed by atoms with Crippen molar-refractivity contribution in [3.05, 3.63) is 11.3 Å². The van der Waals surface area contributed by atoms with Gasteiger partial charge < -0.3 is 4.90 Å². The lowest BCUT2D eigenvalue weighted by atomic mass is 10.1. The minimum absolute atomic E-state index is 0.0842. The molecule has 18 heavy (non-hydrogen) atoms. The summed E-state index contributed by atoms with van der Waals surface area (Å²) in [6.45, 7) is 9.51. The number of aryl methyl sites for hydroxylation is 1. The van der Waals surface area contributed by atoms with E-state index in [0.717, 1.165) is 42.8 Å². The van der Waals surface area contributed by atoms with Crippen LogP contribution in [0.5, 0.6) is 0 Å². The summed E-state index contributed by atoms with van der Waals surface area (Å²) in [4.78, 5) is 10.4. The van der Waals surface area contributed by atoms with Crippen LogP contribution < -0.4 is 4.90 Å². The van der Waals surface area contributed by atoms with E-state index >= 15 is 0 Å². The Labute approximate surface area is 109 Å². The Morgan fingerprint density at radius 1 is 1.11 bits per heavy atom. The van der Waals surface area contributed by atoms with Crippen molar-refractivity contribution in [2.24, 2.45) is 0 Å². The van der Waals surface area contributed by atoms with Crippen LogP contribution in [0.2, 0.25) is 0 Å². The van der Waals surface area contributed by atoms with Crippen LogP contribution >= 0.6 is 0 Å². The predicted octanol–water partition coefficient (Wildman–Crippen LogP) is 1.60. The molecule has 0 amide bonds. The van der Waals surface area contributed by atoms with Crippen LogP contribution in [-0.2, 0) is 16.3 Å². The first kappa shape index (κ1) is 14.9. The Balaban J connectivity index is 3.51. The van der Waals surface area contributed by atoms with E-state index in [1.54, 1.807) is 0 Å². The van der Waals surface area contributed by atoms with Gasteiger partial charge in [-0.1, -0.05) is 6.92 Å². The summed E-state index contributed by atoms with van der Waals surface area (Å²) < 4.78 is 23.2. The second-order valence-corrected chi connectivity index (χ2v) is 6.10. The smallest absolute Gasteiger partial charge is 0.248 e. The standard InChI is InChI=1S/C12H21N3O2S/c1-6-10-9(4)13-12(18(5,16)17)14-11(10)15(7-2)8-3/h6-8H2,1-5H3. The number of anilines is 1. The molecule has 0 aliphatic rings. The topological polar surface area (TPSA) is 63.2 Å². The van der Waals surface area contributed by atoms with E-state index in [9.17, 15) is 8.42 Å². The zero-order valence-corrected chi connectivity index (χ0v) is 12.5. The van der Waals surface area contributed by atoms with Crippen molar-refractivity contribution in [2.75, 3.05) is 24.2 Å². The van der Waals surface area contributed by atoms with E-state index < -0.39 is 9.84 Å². The number of sulfone groups is 1. The van der Waals surface area contributed by atoms with Crippen LogP contribution in [0.3, 0.4) is 0 Å². The monoisotopic (exact) mass is 271 g/mol. The van der Waals surface area contributed by atoms with Gasteiger partial charge in [-0.3, -0.25) is 0 Å². The Morgan fingerprint density at radius 2 is 1.67 bits per heavy atom. The average Bonchev–Trinajstić information content (AvgIpc) is 2.29. The first-order chi connectivity index (χ1) is 8.35. The van der Waals surface area contributed by atoms with Gasteiger partial charge in [-0.25, -0.2) is 18.4 Å². The molecule has 0 fully saturated rings. The number of nitrogens with zero attached hydrogens (tertiary/aromatic N) is 3. The predicted molar refractivity (Wildman–Crippen MR) is 72.8 cm³/mol. The van der Waals surface area contributed by atoms with Crippen LogP contribution in [0.15, 0.2) is 5.16 Å². The molecule has 1 aromatic rings. The summed E-state index contributed by atoms with van der Waals surface area (Å²) in [6.07, 6.45) is 1.93. The lowest BCUT2D eigenvalue weighted by molar-refractivity contribution is 0.591. The molecule has 0 aliphatic heterocycles. The molecule has 1 aromatic heterocycles. The zero-order valence-electron chi connectivity index (χ0n) is 11.7. The molecule has 0 saturated carbocycles. The summed E-state index contributed by atoms with van der Waals surface area (Å²) in [7, 11) is -3.37. The van der Waals surface area contributed by atoms with E-state index in [-0.39, 0.29) is 5.16 Å². The van der Waals surface area contributed by atoms with Crippen molar-refractivity contribution >= 4 is 15.7 Å². The van der Waals surface area contributed by atoms with Crippen LogP contribution in [-0.4, -0.2) is 37.7 Å². The van der Waals surface area contributed by atoms with Gasteiger partial charge in [0.05, 0.1) is 0 Å². The highest BCUT2D eigenvalue weighted by Crippen LogP contribution is 2.22. The van der Waals surface area contributed by atoms with Gasteiger partial charge in [-0.05, 0) is 27.2 Å². The quantitative estimate of drug-likeness (QED) is 0.761. The van der Waals surface area contributed by atoms with Gasteiger partial charge in [0.1, 0.15) is 5.82 Å². The SMILES string of the molecule is CCc1c(C)nc(S(C)(=O)=O)nc1N(CC)CC. The molecule has 6 heteroatoms. The molecule has 0 unspecified atom stereocenters. The number of hydrogen-bond acceptors (Lipinski definition) is 5. The Hall–Kier alpha value is -1.17. The molecule has 0 atom stereocenters. The molecule has 0 radical (unpaired) electrons. The summed E-state index contributed by atoms with van der Waals surface area (Å²) in [5.74, 6) is 0.746. The number of rotatable bonds is 5. The van der Waals surface area contributed by atoms with Crippen molar-refractivity contribution in [2.45, 2.75) is 39.3 Å². The maximum Gasteiger partial charge on any atom is 0.248 e. The normalized spacial score (nSPS) is 11.6. The number of aromatic nitrogens is 2. The molecule has 0 aliphatic carbocycles. The minimum atomic E-state index is -3.37. The van der Waals surface area contributed by atoms with Gasteiger partial charge in [0.25, 0.3) is 0 Å². The molecule has 0 bridgehead atoms. The van der Waals surface area contributed by atoms with E-state index in [2.05, 4.69) is 14.9 Å². The van der Waals surface area contributed by atoms with Crippen molar-refractivity contribution in [1.82, 2.24) is 9.97 Å². The van der Waals surface area contributed by atoms with Crippen molar-refractivity contribution in [1.29, 1.82) is 0 Å². The van der Waals surface area contributed by atoms with Gasteiger partial charge in [-0.2, -0.15) is 0 Å². The molecule has 0 spiro atoms. The maximum atomic E-state index is 11.6. The van der Waals surface area contributed by atoms with Crippen LogP contribution in [0.25, 0.3) is 0 Å². The molecule has 0 N–H and O–H groups in total. The second-order valence-electron chi connectivity index (χ2n) is 4.19. The average molecular weight is 271 g/mol. The third-order valence-corrected chi connectivity index (χ3v) is 3.77. The molecule has 102 valence electrons. The molecule has 1 heterocycles. The fourth-order valence-corrected chi connectivity index (χ4v) is 2.48. The van der Waals surface area contributed by atoms with E-state index in [4.69, 9.17) is 0 Å². The third-order valence-electron chi connectivity index (χ3n) is 2.92. The van der Waals surface area contributed by atoms with E-state index in [1.807, 2.05) is 27.7 Å². The van der Waals surface area contributed by atoms with Gasteiger partial charge in [0.2, 0.25) is 15.0 Å². The summed E-state index contributed by atoms with van der Waals surface area (Å²) in [5, 5.41) is -0.0842. The van der Waals surface area contributed by atoms with Gasteiger partial charge in [-0.15, -0.1) is 0 Å². The van der Waals surface area contributed by atoms with Gasteiger partial charge >= 0.3 is 0 Å². The molecule has 0 aromatic carbocycles. The highest BCUT2D eigenvalue weighted by atomic mass is 32.2. The fourth-order valence-electron chi connectivity index (χ4n) is 1.92. The van der Waals surface area contributed by atoms with Gasteiger partial charge in [0.15, 0.2) is 0 Å². The molecule has 5 nitrogen and oxygen atoms in total. The summed E-state index contributed by atoms with van der Waals surface area (Å²) >= 11 is 0. The largest absolute Gasteiger partial charge is 0.357 e. The molecular formula is C12H21N3O2S. The summed E-state index contributed by atoms with van der Waals surface area (Å²) in [5.41, 5.74) is 1.76. The second kappa shape index (κ2) is 5.65. The Kier molecular flexibility index (Phi) is 4.67. The lowest BCUT2D eigenvalue weighted by Crippen LogP contribution is -2.26. The fraction of sp³-hybridized carbons (Fsp3) is 0.667.